The lowest BCUT2D eigenvalue weighted by molar-refractivity contribution is -0.114. The van der Waals surface area contributed by atoms with Gasteiger partial charge in [-0.15, -0.1) is 10.2 Å². The maximum Gasteiger partial charge on any atom is 0.234 e. The molecular formula is C26H23N5O2S. The third-order valence-electron chi connectivity index (χ3n) is 4.91. The lowest BCUT2D eigenvalue weighted by Gasteiger charge is -2.11. The highest BCUT2D eigenvalue weighted by molar-refractivity contribution is 7.99. The van der Waals surface area contributed by atoms with E-state index >= 15 is 0 Å². The van der Waals surface area contributed by atoms with Crippen molar-refractivity contribution in [3.63, 3.8) is 0 Å². The molecule has 170 valence electrons. The molecular weight excluding hydrogens is 446 g/mol. The predicted molar refractivity (Wildman–Crippen MR) is 136 cm³/mol. The summed E-state index contributed by atoms with van der Waals surface area (Å²) in [6.45, 7) is 3.33. The second kappa shape index (κ2) is 10.7. The summed E-state index contributed by atoms with van der Waals surface area (Å²) < 4.78 is 0. The number of hydrogen-bond acceptors (Lipinski definition) is 6. The molecule has 0 fully saturated rings. The number of amides is 2. The standard InChI is InChI=1S/C26H23N5O2S/c1-17-15-21(13-14-22(17)27-18(2)32)28-23(33)16-34-26-29-24(19-9-5-3-6-10-19)25(30-31-26)20-11-7-4-8-12-20/h3-15H,16H2,1-2H3,(H,27,32)(H,28,33). The zero-order valence-electron chi connectivity index (χ0n) is 18.8. The second-order valence-electron chi connectivity index (χ2n) is 7.57. The van der Waals surface area contributed by atoms with Crippen molar-refractivity contribution >= 4 is 35.0 Å². The molecule has 0 aliphatic heterocycles. The molecule has 7 nitrogen and oxygen atoms in total. The normalized spacial score (nSPS) is 10.5. The number of anilines is 2. The zero-order valence-corrected chi connectivity index (χ0v) is 19.6. The van der Waals surface area contributed by atoms with E-state index in [-0.39, 0.29) is 17.6 Å². The van der Waals surface area contributed by atoms with E-state index in [4.69, 9.17) is 4.98 Å². The van der Waals surface area contributed by atoms with Gasteiger partial charge in [0.25, 0.3) is 0 Å². The Morgan fingerprint density at radius 3 is 2.09 bits per heavy atom. The van der Waals surface area contributed by atoms with Crippen LogP contribution < -0.4 is 10.6 Å². The fourth-order valence-electron chi connectivity index (χ4n) is 3.36. The highest BCUT2D eigenvalue weighted by atomic mass is 32.2. The van der Waals surface area contributed by atoms with Gasteiger partial charge in [-0.3, -0.25) is 9.59 Å². The molecule has 0 bridgehead atoms. The molecule has 0 radical (unpaired) electrons. The van der Waals surface area contributed by atoms with Crippen LogP contribution in [0.3, 0.4) is 0 Å². The number of aromatic nitrogens is 3. The van der Waals surface area contributed by atoms with Crippen LogP contribution in [0, 0.1) is 6.92 Å². The number of benzene rings is 3. The number of nitrogens with zero attached hydrogens (tertiary/aromatic N) is 3. The van der Waals surface area contributed by atoms with Crippen molar-refractivity contribution in [1.82, 2.24) is 15.2 Å². The van der Waals surface area contributed by atoms with Gasteiger partial charge in [0, 0.05) is 29.4 Å². The maximum atomic E-state index is 12.5. The summed E-state index contributed by atoms with van der Waals surface area (Å²) in [5.41, 5.74) is 5.49. The second-order valence-corrected chi connectivity index (χ2v) is 8.51. The Morgan fingerprint density at radius 2 is 1.47 bits per heavy atom. The average Bonchev–Trinajstić information content (AvgIpc) is 2.85. The van der Waals surface area contributed by atoms with Gasteiger partial charge in [-0.2, -0.15) is 0 Å². The smallest absolute Gasteiger partial charge is 0.234 e. The van der Waals surface area contributed by atoms with Gasteiger partial charge in [-0.25, -0.2) is 4.98 Å². The van der Waals surface area contributed by atoms with Gasteiger partial charge in [-0.1, -0.05) is 72.4 Å². The van der Waals surface area contributed by atoms with E-state index in [1.165, 1.54) is 18.7 Å². The number of hydrogen-bond donors (Lipinski definition) is 2. The van der Waals surface area contributed by atoms with Gasteiger partial charge < -0.3 is 10.6 Å². The van der Waals surface area contributed by atoms with Crippen molar-refractivity contribution in [3.8, 4) is 22.5 Å². The quantitative estimate of drug-likeness (QED) is 0.361. The first-order chi connectivity index (χ1) is 16.5. The van der Waals surface area contributed by atoms with Gasteiger partial charge >= 0.3 is 0 Å². The van der Waals surface area contributed by atoms with Crippen LogP contribution >= 0.6 is 11.8 Å². The van der Waals surface area contributed by atoms with E-state index in [2.05, 4.69) is 20.8 Å². The highest BCUT2D eigenvalue weighted by Gasteiger charge is 2.15. The molecule has 0 aliphatic carbocycles. The van der Waals surface area contributed by atoms with Crippen molar-refractivity contribution in [2.75, 3.05) is 16.4 Å². The molecule has 0 aliphatic rings. The van der Waals surface area contributed by atoms with E-state index in [0.29, 0.717) is 27.9 Å². The van der Waals surface area contributed by atoms with Crippen LogP contribution in [0.5, 0.6) is 0 Å². The van der Waals surface area contributed by atoms with Crippen LogP contribution in [-0.4, -0.2) is 32.7 Å². The van der Waals surface area contributed by atoms with Crippen LogP contribution in [0.15, 0.2) is 84.0 Å². The molecule has 8 heteroatoms. The molecule has 0 saturated carbocycles. The first-order valence-corrected chi connectivity index (χ1v) is 11.6. The third kappa shape index (κ3) is 5.85. The molecule has 0 unspecified atom stereocenters. The molecule has 2 N–H and O–H groups in total. The summed E-state index contributed by atoms with van der Waals surface area (Å²) in [6.07, 6.45) is 0. The Kier molecular flexibility index (Phi) is 7.29. The maximum absolute atomic E-state index is 12.5. The van der Waals surface area contributed by atoms with Crippen LogP contribution in [0.4, 0.5) is 11.4 Å². The third-order valence-corrected chi connectivity index (χ3v) is 5.75. The first-order valence-electron chi connectivity index (χ1n) is 10.7. The van der Waals surface area contributed by atoms with Gasteiger partial charge in [0.2, 0.25) is 17.0 Å². The van der Waals surface area contributed by atoms with Crippen molar-refractivity contribution in [2.24, 2.45) is 0 Å². The number of aryl methyl sites for hydroxylation is 1. The summed E-state index contributed by atoms with van der Waals surface area (Å²) >= 11 is 1.22. The van der Waals surface area contributed by atoms with E-state index in [0.717, 1.165) is 16.7 Å². The van der Waals surface area contributed by atoms with Gasteiger partial charge in [0.15, 0.2) is 0 Å². The monoisotopic (exact) mass is 469 g/mol. The van der Waals surface area contributed by atoms with Crippen LogP contribution in [0.25, 0.3) is 22.5 Å². The minimum atomic E-state index is -0.186. The van der Waals surface area contributed by atoms with E-state index in [9.17, 15) is 9.59 Å². The van der Waals surface area contributed by atoms with E-state index in [1.807, 2.05) is 73.7 Å². The van der Waals surface area contributed by atoms with Crippen molar-refractivity contribution in [1.29, 1.82) is 0 Å². The molecule has 3 aromatic carbocycles. The molecule has 0 atom stereocenters. The van der Waals surface area contributed by atoms with Crippen molar-refractivity contribution < 1.29 is 9.59 Å². The largest absolute Gasteiger partial charge is 0.326 e. The highest BCUT2D eigenvalue weighted by Crippen LogP contribution is 2.29. The minimum absolute atomic E-state index is 0.132. The van der Waals surface area contributed by atoms with Crippen LogP contribution in [0.1, 0.15) is 12.5 Å². The Labute approximate surface area is 202 Å². The molecule has 0 spiro atoms. The van der Waals surface area contributed by atoms with E-state index < -0.39 is 0 Å². The van der Waals surface area contributed by atoms with E-state index in [1.54, 1.807) is 12.1 Å². The average molecular weight is 470 g/mol. The number of thioether (sulfide) groups is 1. The summed E-state index contributed by atoms with van der Waals surface area (Å²) in [5.74, 6) is -0.195. The lowest BCUT2D eigenvalue weighted by atomic mass is 10.0. The fraction of sp³-hybridized carbons (Fsp3) is 0.115. The van der Waals surface area contributed by atoms with Gasteiger partial charge in [-0.05, 0) is 30.7 Å². The zero-order chi connectivity index (χ0) is 23.9. The Balaban J connectivity index is 1.48. The first kappa shape index (κ1) is 23.1. The summed E-state index contributed by atoms with van der Waals surface area (Å²) in [5, 5.41) is 14.7. The summed E-state index contributed by atoms with van der Waals surface area (Å²) in [6, 6.07) is 24.9. The molecule has 2 amide bonds. The van der Waals surface area contributed by atoms with Crippen molar-refractivity contribution in [3.05, 3.63) is 84.4 Å². The summed E-state index contributed by atoms with van der Waals surface area (Å²) in [4.78, 5) is 28.5. The number of carbonyl (C=O) groups excluding carboxylic acids is 2. The Bertz CT molecular complexity index is 1310. The molecule has 4 aromatic rings. The number of rotatable bonds is 7. The lowest BCUT2D eigenvalue weighted by Crippen LogP contribution is -2.15. The fourth-order valence-corrected chi connectivity index (χ4v) is 3.95. The predicted octanol–water partition coefficient (Wildman–Crippen LogP) is 5.20. The summed E-state index contributed by atoms with van der Waals surface area (Å²) in [7, 11) is 0. The van der Waals surface area contributed by atoms with Gasteiger partial charge in [0.1, 0.15) is 11.4 Å². The number of nitrogens with one attached hydrogen (secondary N) is 2. The van der Waals surface area contributed by atoms with Crippen LogP contribution in [0.2, 0.25) is 0 Å². The molecule has 34 heavy (non-hydrogen) atoms. The molecule has 0 saturated heterocycles. The van der Waals surface area contributed by atoms with Gasteiger partial charge in [0.05, 0.1) is 5.75 Å². The minimum Gasteiger partial charge on any atom is -0.326 e. The topological polar surface area (TPSA) is 96.9 Å². The molecule has 4 rings (SSSR count). The van der Waals surface area contributed by atoms with Crippen molar-refractivity contribution in [2.45, 2.75) is 19.0 Å². The SMILES string of the molecule is CC(=O)Nc1ccc(NC(=O)CSc2nnc(-c3ccccc3)c(-c3ccccc3)n2)cc1C. The molecule has 1 aromatic heterocycles. The Hall–Kier alpha value is -4.04. The number of carbonyl (C=O) groups is 2. The van der Waals surface area contributed by atoms with Crippen LogP contribution in [-0.2, 0) is 9.59 Å². The molecule has 1 heterocycles. The Morgan fingerprint density at radius 1 is 0.824 bits per heavy atom.